The molecule has 5 nitrogen and oxygen atoms in total. The molecule has 0 spiro atoms. The first-order valence-corrected chi connectivity index (χ1v) is 6.49. The van der Waals surface area contributed by atoms with Gasteiger partial charge in [0.2, 0.25) is 5.88 Å². The standard InChI is InChI=1S/C15H13FN2O3/c16-13-4-2-1-3-12(13)10-5-6-14(17-7-10)21-11-8-18(9-11)15(19)20/h1-7,11H,8-9H2,(H,19,20). The van der Waals surface area contributed by atoms with Gasteiger partial charge in [0, 0.05) is 23.4 Å². The molecule has 0 aliphatic carbocycles. The maximum atomic E-state index is 13.6. The van der Waals surface area contributed by atoms with E-state index in [1.807, 2.05) is 0 Å². The first kappa shape index (κ1) is 13.4. The number of nitrogens with zero attached hydrogens (tertiary/aromatic N) is 2. The molecular weight excluding hydrogens is 275 g/mol. The third kappa shape index (κ3) is 2.79. The van der Waals surface area contributed by atoms with Gasteiger partial charge < -0.3 is 14.7 Å². The second-order valence-corrected chi connectivity index (χ2v) is 4.79. The van der Waals surface area contributed by atoms with Crippen molar-refractivity contribution in [3.05, 3.63) is 48.4 Å². The Balaban J connectivity index is 1.65. The summed E-state index contributed by atoms with van der Waals surface area (Å²) in [5.41, 5.74) is 1.15. The van der Waals surface area contributed by atoms with E-state index in [2.05, 4.69) is 4.98 Å². The monoisotopic (exact) mass is 288 g/mol. The van der Waals surface area contributed by atoms with Gasteiger partial charge >= 0.3 is 6.09 Å². The highest BCUT2D eigenvalue weighted by Gasteiger charge is 2.32. The van der Waals surface area contributed by atoms with Gasteiger partial charge in [-0.05, 0) is 12.1 Å². The molecule has 1 aromatic heterocycles. The predicted octanol–water partition coefficient (Wildman–Crippen LogP) is 2.63. The quantitative estimate of drug-likeness (QED) is 0.943. The molecule has 6 heteroatoms. The van der Waals surface area contributed by atoms with Crippen LogP contribution in [0.2, 0.25) is 0 Å². The van der Waals surface area contributed by atoms with E-state index in [-0.39, 0.29) is 11.9 Å². The van der Waals surface area contributed by atoms with Crippen LogP contribution < -0.4 is 4.74 Å². The lowest BCUT2D eigenvalue weighted by Crippen LogP contribution is -2.55. The normalized spacial score (nSPS) is 14.6. The van der Waals surface area contributed by atoms with Gasteiger partial charge in [0.05, 0.1) is 13.1 Å². The summed E-state index contributed by atoms with van der Waals surface area (Å²) < 4.78 is 19.2. The molecule has 2 heterocycles. The molecule has 1 N–H and O–H groups in total. The number of hydrogen-bond acceptors (Lipinski definition) is 3. The fourth-order valence-electron chi connectivity index (χ4n) is 2.14. The molecule has 0 atom stereocenters. The Kier molecular flexibility index (Phi) is 3.43. The zero-order valence-corrected chi connectivity index (χ0v) is 11.1. The molecular formula is C15H13FN2O3. The molecule has 1 aliphatic heterocycles. The van der Waals surface area contributed by atoms with Crippen LogP contribution in [0.1, 0.15) is 0 Å². The maximum absolute atomic E-state index is 13.6. The summed E-state index contributed by atoms with van der Waals surface area (Å²) in [6.07, 6.45) is 0.423. The van der Waals surface area contributed by atoms with E-state index < -0.39 is 6.09 Å². The molecule has 0 saturated carbocycles. The summed E-state index contributed by atoms with van der Waals surface area (Å²) in [6.45, 7) is 0.679. The van der Waals surface area contributed by atoms with Crippen LogP contribution in [-0.4, -0.2) is 40.3 Å². The minimum absolute atomic E-state index is 0.173. The van der Waals surface area contributed by atoms with Crippen LogP contribution >= 0.6 is 0 Å². The van der Waals surface area contributed by atoms with Crippen molar-refractivity contribution in [1.29, 1.82) is 0 Å². The van der Waals surface area contributed by atoms with E-state index in [1.165, 1.54) is 11.0 Å². The largest absolute Gasteiger partial charge is 0.471 e. The number of benzene rings is 1. The lowest BCUT2D eigenvalue weighted by molar-refractivity contribution is 0.0228. The first-order valence-electron chi connectivity index (χ1n) is 6.49. The van der Waals surface area contributed by atoms with Gasteiger partial charge in [-0.1, -0.05) is 18.2 Å². The fourth-order valence-corrected chi connectivity index (χ4v) is 2.14. The zero-order chi connectivity index (χ0) is 14.8. The summed E-state index contributed by atoms with van der Waals surface area (Å²) in [5.74, 6) is 0.106. The number of hydrogen-bond donors (Lipinski definition) is 1. The van der Waals surface area contributed by atoms with Crippen LogP contribution in [0.25, 0.3) is 11.1 Å². The van der Waals surface area contributed by atoms with E-state index >= 15 is 0 Å². The van der Waals surface area contributed by atoms with Gasteiger partial charge in [0.25, 0.3) is 0 Å². The van der Waals surface area contributed by atoms with Crippen molar-refractivity contribution in [3.63, 3.8) is 0 Å². The van der Waals surface area contributed by atoms with Gasteiger partial charge in [0.15, 0.2) is 0 Å². The summed E-state index contributed by atoms with van der Waals surface area (Å²) in [4.78, 5) is 16.0. The molecule has 21 heavy (non-hydrogen) atoms. The predicted molar refractivity (Wildman–Crippen MR) is 73.6 cm³/mol. The number of ether oxygens (including phenoxy) is 1. The highest BCUT2D eigenvalue weighted by atomic mass is 19.1. The topological polar surface area (TPSA) is 62.7 Å². The highest BCUT2D eigenvalue weighted by molar-refractivity contribution is 5.66. The first-order chi connectivity index (χ1) is 10.1. The smallest absolute Gasteiger partial charge is 0.407 e. The van der Waals surface area contributed by atoms with E-state index in [1.54, 1.807) is 36.5 Å². The number of carbonyl (C=O) groups is 1. The van der Waals surface area contributed by atoms with Crippen LogP contribution in [0.4, 0.5) is 9.18 Å². The van der Waals surface area contributed by atoms with Crippen LogP contribution in [0.3, 0.4) is 0 Å². The minimum atomic E-state index is -0.947. The number of amides is 1. The Morgan fingerprint density at radius 3 is 2.67 bits per heavy atom. The third-order valence-corrected chi connectivity index (χ3v) is 3.33. The average molecular weight is 288 g/mol. The molecule has 2 aromatic rings. The van der Waals surface area contributed by atoms with E-state index in [4.69, 9.17) is 9.84 Å². The van der Waals surface area contributed by atoms with Gasteiger partial charge in [-0.15, -0.1) is 0 Å². The summed E-state index contributed by atoms with van der Waals surface area (Å²) in [7, 11) is 0. The Bertz CT molecular complexity index is 654. The molecule has 1 aromatic carbocycles. The summed E-state index contributed by atoms with van der Waals surface area (Å²) >= 11 is 0. The van der Waals surface area contributed by atoms with Gasteiger partial charge in [0.1, 0.15) is 11.9 Å². The Hall–Kier alpha value is -2.63. The SMILES string of the molecule is O=C(O)N1CC(Oc2ccc(-c3ccccc3F)cn2)C1. The van der Waals surface area contributed by atoms with E-state index in [0.717, 1.165) is 0 Å². The number of rotatable bonds is 3. The third-order valence-electron chi connectivity index (χ3n) is 3.33. The maximum Gasteiger partial charge on any atom is 0.407 e. The number of carboxylic acid groups (broad SMARTS) is 1. The van der Waals surface area contributed by atoms with Crippen molar-refractivity contribution in [2.75, 3.05) is 13.1 Å². The molecule has 0 radical (unpaired) electrons. The average Bonchev–Trinajstić information content (AvgIpc) is 2.43. The Labute approximate surface area is 120 Å². The molecule has 1 fully saturated rings. The molecule has 1 saturated heterocycles. The fraction of sp³-hybridized carbons (Fsp3) is 0.200. The molecule has 1 amide bonds. The van der Waals surface area contributed by atoms with Crippen molar-refractivity contribution in [2.24, 2.45) is 0 Å². The van der Waals surface area contributed by atoms with Gasteiger partial charge in [-0.3, -0.25) is 0 Å². The molecule has 3 rings (SSSR count). The lowest BCUT2D eigenvalue weighted by Gasteiger charge is -2.36. The summed E-state index contributed by atoms with van der Waals surface area (Å²) in [5, 5.41) is 8.72. The van der Waals surface area contributed by atoms with E-state index in [0.29, 0.717) is 30.1 Å². The van der Waals surface area contributed by atoms with Gasteiger partial charge in [-0.25, -0.2) is 14.2 Å². The lowest BCUT2D eigenvalue weighted by atomic mass is 10.1. The van der Waals surface area contributed by atoms with Crippen molar-refractivity contribution in [3.8, 4) is 17.0 Å². The van der Waals surface area contributed by atoms with Crippen molar-refractivity contribution < 1.29 is 19.0 Å². The van der Waals surface area contributed by atoms with Gasteiger partial charge in [-0.2, -0.15) is 0 Å². The van der Waals surface area contributed by atoms with Crippen molar-refractivity contribution >= 4 is 6.09 Å². The van der Waals surface area contributed by atoms with Crippen LogP contribution in [0, 0.1) is 5.82 Å². The van der Waals surface area contributed by atoms with Crippen molar-refractivity contribution in [2.45, 2.75) is 6.10 Å². The number of halogens is 1. The Morgan fingerprint density at radius 2 is 2.05 bits per heavy atom. The molecule has 0 bridgehead atoms. The molecule has 108 valence electrons. The Morgan fingerprint density at radius 1 is 1.29 bits per heavy atom. The number of pyridine rings is 1. The minimum Gasteiger partial charge on any atom is -0.471 e. The number of likely N-dealkylation sites (tertiary alicyclic amines) is 1. The van der Waals surface area contributed by atoms with Crippen LogP contribution in [0.15, 0.2) is 42.6 Å². The molecule has 0 unspecified atom stereocenters. The second-order valence-electron chi connectivity index (χ2n) is 4.79. The van der Waals surface area contributed by atoms with Crippen LogP contribution in [0.5, 0.6) is 5.88 Å². The van der Waals surface area contributed by atoms with Crippen LogP contribution in [-0.2, 0) is 0 Å². The van der Waals surface area contributed by atoms with Crippen molar-refractivity contribution in [1.82, 2.24) is 9.88 Å². The second kappa shape index (κ2) is 5.40. The molecule has 1 aliphatic rings. The summed E-state index contributed by atoms with van der Waals surface area (Å²) in [6, 6.07) is 9.87. The van der Waals surface area contributed by atoms with E-state index in [9.17, 15) is 9.18 Å². The number of aromatic nitrogens is 1. The zero-order valence-electron chi connectivity index (χ0n) is 11.1. The highest BCUT2D eigenvalue weighted by Crippen LogP contribution is 2.24.